The number of amides is 2. The van der Waals surface area contributed by atoms with Crippen molar-refractivity contribution in [2.24, 2.45) is 0 Å². The highest BCUT2D eigenvalue weighted by molar-refractivity contribution is 6.03. The summed E-state index contributed by atoms with van der Waals surface area (Å²) in [5, 5.41) is 2.83. The molecular weight excluding hydrogens is 410 g/mol. The summed E-state index contributed by atoms with van der Waals surface area (Å²) in [6.45, 7) is 3.02. The first kappa shape index (κ1) is 23.1. The standard InChI is InChI=1S/C24H29N3O5/c1-16-24(29)27(13-12-26(2)3)19-9-8-18(15-21(19)32-16)25-23(28)11-7-17-6-10-20(30-4)22(14-17)31-5/h6-11,14-16H,12-13H2,1-5H3,(H,25,28)/b11-7+. The Morgan fingerprint density at radius 3 is 2.59 bits per heavy atom. The topological polar surface area (TPSA) is 80.3 Å². The number of anilines is 2. The van der Waals surface area contributed by atoms with Crippen molar-refractivity contribution in [2.75, 3.05) is 51.6 Å². The third kappa shape index (κ3) is 5.39. The van der Waals surface area contributed by atoms with Gasteiger partial charge in [0.1, 0.15) is 5.75 Å². The normalized spacial score (nSPS) is 15.5. The van der Waals surface area contributed by atoms with Crippen LogP contribution >= 0.6 is 0 Å². The van der Waals surface area contributed by atoms with Gasteiger partial charge in [0.2, 0.25) is 5.91 Å². The number of benzene rings is 2. The van der Waals surface area contributed by atoms with Gasteiger partial charge in [0, 0.05) is 30.9 Å². The zero-order valence-corrected chi connectivity index (χ0v) is 19.0. The lowest BCUT2D eigenvalue weighted by atomic mass is 10.1. The van der Waals surface area contributed by atoms with Crippen LogP contribution in [-0.2, 0) is 9.59 Å². The van der Waals surface area contributed by atoms with E-state index in [4.69, 9.17) is 14.2 Å². The molecular formula is C24H29N3O5. The van der Waals surface area contributed by atoms with Crippen LogP contribution in [0.5, 0.6) is 17.2 Å². The minimum Gasteiger partial charge on any atom is -0.493 e. The number of carbonyl (C=O) groups is 2. The summed E-state index contributed by atoms with van der Waals surface area (Å²) >= 11 is 0. The highest BCUT2D eigenvalue weighted by atomic mass is 16.5. The molecule has 170 valence electrons. The van der Waals surface area contributed by atoms with Crippen molar-refractivity contribution in [1.29, 1.82) is 0 Å². The van der Waals surface area contributed by atoms with Gasteiger partial charge in [0.25, 0.3) is 5.91 Å². The molecule has 0 aromatic heterocycles. The largest absolute Gasteiger partial charge is 0.493 e. The predicted molar refractivity (Wildman–Crippen MR) is 125 cm³/mol. The minimum atomic E-state index is -0.583. The van der Waals surface area contributed by atoms with Gasteiger partial charge in [-0.1, -0.05) is 6.07 Å². The predicted octanol–water partition coefficient (Wildman–Crippen LogP) is 3.03. The van der Waals surface area contributed by atoms with Gasteiger partial charge in [0.05, 0.1) is 19.9 Å². The van der Waals surface area contributed by atoms with Gasteiger partial charge >= 0.3 is 0 Å². The van der Waals surface area contributed by atoms with Gasteiger partial charge in [-0.2, -0.15) is 0 Å². The molecule has 32 heavy (non-hydrogen) atoms. The molecule has 3 rings (SSSR count). The maximum absolute atomic E-state index is 12.6. The Bertz CT molecular complexity index is 1020. The lowest BCUT2D eigenvalue weighted by molar-refractivity contribution is -0.125. The van der Waals surface area contributed by atoms with Crippen LogP contribution in [-0.4, -0.2) is 64.2 Å². The number of hydrogen-bond donors (Lipinski definition) is 1. The van der Waals surface area contributed by atoms with E-state index in [0.717, 1.165) is 12.1 Å². The highest BCUT2D eigenvalue weighted by Gasteiger charge is 2.31. The van der Waals surface area contributed by atoms with Crippen LogP contribution < -0.4 is 24.4 Å². The quantitative estimate of drug-likeness (QED) is 0.637. The third-order valence-corrected chi connectivity index (χ3v) is 5.04. The van der Waals surface area contributed by atoms with Crippen LogP contribution in [0, 0.1) is 0 Å². The van der Waals surface area contributed by atoms with Crippen molar-refractivity contribution in [3.63, 3.8) is 0 Å². The summed E-state index contributed by atoms with van der Waals surface area (Å²) in [5.74, 6) is 1.41. The Kier molecular flexibility index (Phi) is 7.37. The van der Waals surface area contributed by atoms with Gasteiger partial charge < -0.3 is 29.3 Å². The Morgan fingerprint density at radius 2 is 1.91 bits per heavy atom. The SMILES string of the molecule is COc1ccc(/C=C/C(=O)Nc2ccc3c(c2)OC(C)C(=O)N3CCN(C)C)cc1OC. The lowest BCUT2D eigenvalue weighted by Gasteiger charge is -2.34. The van der Waals surface area contributed by atoms with Crippen LogP contribution in [0.25, 0.3) is 6.08 Å². The molecule has 0 spiro atoms. The second-order valence-electron chi connectivity index (χ2n) is 7.67. The van der Waals surface area contributed by atoms with E-state index in [9.17, 15) is 9.59 Å². The van der Waals surface area contributed by atoms with E-state index in [1.807, 2.05) is 25.1 Å². The second kappa shape index (κ2) is 10.2. The van der Waals surface area contributed by atoms with E-state index in [-0.39, 0.29) is 11.8 Å². The van der Waals surface area contributed by atoms with Gasteiger partial charge in [-0.15, -0.1) is 0 Å². The number of ether oxygens (including phenoxy) is 3. The van der Waals surface area contributed by atoms with E-state index >= 15 is 0 Å². The van der Waals surface area contributed by atoms with Crippen molar-refractivity contribution >= 4 is 29.3 Å². The zero-order chi connectivity index (χ0) is 23.3. The summed E-state index contributed by atoms with van der Waals surface area (Å²) in [5.41, 5.74) is 2.09. The summed E-state index contributed by atoms with van der Waals surface area (Å²) in [6.07, 6.45) is 2.55. The number of hydrogen-bond acceptors (Lipinski definition) is 6. The first-order chi connectivity index (χ1) is 15.3. The fourth-order valence-corrected chi connectivity index (χ4v) is 3.33. The number of likely N-dealkylation sites (N-methyl/N-ethyl adjacent to an activating group) is 1. The first-order valence-corrected chi connectivity index (χ1v) is 10.3. The maximum Gasteiger partial charge on any atom is 0.267 e. The Hall–Kier alpha value is -3.52. The zero-order valence-electron chi connectivity index (χ0n) is 19.0. The Morgan fingerprint density at radius 1 is 1.16 bits per heavy atom. The molecule has 0 radical (unpaired) electrons. The van der Waals surface area contributed by atoms with Gasteiger partial charge in [0.15, 0.2) is 17.6 Å². The molecule has 0 fully saturated rings. The maximum atomic E-state index is 12.6. The minimum absolute atomic E-state index is 0.0750. The molecule has 1 unspecified atom stereocenters. The number of nitrogens with one attached hydrogen (secondary N) is 1. The van der Waals surface area contributed by atoms with Gasteiger partial charge in [-0.3, -0.25) is 9.59 Å². The number of nitrogens with zero attached hydrogens (tertiary/aromatic N) is 2. The third-order valence-electron chi connectivity index (χ3n) is 5.04. The number of methoxy groups -OCH3 is 2. The second-order valence-corrected chi connectivity index (χ2v) is 7.67. The van der Waals surface area contributed by atoms with Crippen LogP contribution in [0.3, 0.4) is 0 Å². The molecule has 8 heteroatoms. The molecule has 1 N–H and O–H groups in total. The molecule has 0 bridgehead atoms. The molecule has 0 aliphatic carbocycles. The molecule has 8 nitrogen and oxygen atoms in total. The Balaban J connectivity index is 1.72. The van der Waals surface area contributed by atoms with E-state index in [1.54, 1.807) is 62.5 Å². The number of carbonyl (C=O) groups excluding carboxylic acids is 2. The first-order valence-electron chi connectivity index (χ1n) is 10.3. The van der Waals surface area contributed by atoms with E-state index < -0.39 is 6.10 Å². The summed E-state index contributed by atoms with van der Waals surface area (Å²) < 4.78 is 16.3. The smallest absolute Gasteiger partial charge is 0.267 e. The molecule has 2 amide bonds. The van der Waals surface area contributed by atoms with Crippen LogP contribution in [0.4, 0.5) is 11.4 Å². The van der Waals surface area contributed by atoms with Gasteiger partial charge in [-0.25, -0.2) is 0 Å². The van der Waals surface area contributed by atoms with Gasteiger partial charge in [-0.05, 0) is 56.9 Å². The van der Waals surface area contributed by atoms with E-state index in [0.29, 0.717) is 35.2 Å². The fraction of sp³-hybridized carbons (Fsp3) is 0.333. The van der Waals surface area contributed by atoms with Crippen LogP contribution in [0.1, 0.15) is 12.5 Å². The summed E-state index contributed by atoms with van der Waals surface area (Å²) in [7, 11) is 7.06. The summed E-state index contributed by atoms with van der Waals surface area (Å²) in [4.78, 5) is 28.7. The van der Waals surface area contributed by atoms with Crippen molar-refractivity contribution in [1.82, 2.24) is 4.90 Å². The lowest BCUT2D eigenvalue weighted by Crippen LogP contribution is -2.46. The molecule has 0 saturated heterocycles. The van der Waals surface area contributed by atoms with Crippen LogP contribution in [0.2, 0.25) is 0 Å². The molecule has 1 heterocycles. The molecule has 1 aliphatic rings. The van der Waals surface area contributed by atoms with Crippen molar-refractivity contribution in [3.05, 3.63) is 48.0 Å². The molecule has 1 atom stereocenters. The van der Waals surface area contributed by atoms with Crippen molar-refractivity contribution in [2.45, 2.75) is 13.0 Å². The van der Waals surface area contributed by atoms with E-state index in [2.05, 4.69) is 5.32 Å². The fourth-order valence-electron chi connectivity index (χ4n) is 3.33. The highest BCUT2D eigenvalue weighted by Crippen LogP contribution is 2.36. The number of rotatable bonds is 8. The molecule has 2 aromatic rings. The van der Waals surface area contributed by atoms with Crippen LogP contribution in [0.15, 0.2) is 42.5 Å². The molecule has 2 aromatic carbocycles. The van der Waals surface area contributed by atoms with E-state index in [1.165, 1.54) is 6.08 Å². The van der Waals surface area contributed by atoms with Crippen molar-refractivity contribution < 1.29 is 23.8 Å². The average Bonchev–Trinajstić information content (AvgIpc) is 2.77. The molecule has 1 aliphatic heterocycles. The summed E-state index contributed by atoms with van der Waals surface area (Å²) in [6, 6.07) is 10.7. The monoisotopic (exact) mass is 439 g/mol. The Labute approximate surface area is 188 Å². The molecule has 0 saturated carbocycles. The average molecular weight is 440 g/mol. The number of fused-ring (bicyclic) bond motifs is 1. The van der Waals surface area contributed by atoms with Crippen molar-refractivity contribution in [3.8, 4) is 17.2 Å².